The summed E-state index contributed by atoms with van der Waals surface area (Å²) in [6.07, 6.45) is 4.39. The topological polar surface area (TPSA) is 37.3 Å². The molecular weight excluding hydrogens is 152 g/mol. The second-order valence-electron chi connectivity index (χ2n) is 3.72. The predicted molar refractivity (Wildman–Crippen MR) is 50.1 cm³/mol. The van der Waals surface area contributed by atoms with Crippen LogP contribution in [0.2, 0.25) is 0 Å². The third-order valence-corrected chi connectivity index (χ3v) is 2.23. The van der Waals surface area contributed by atoms with Crippen LogP contribution in [0.15, 0.2) is 0 Å². The molecule has 0 aromatic carbocycles. The molecule has 12 heavy (non-hydrogen) atoms. The van der Waals surface area contributed by atoms with E-state index in [0.29, 0.717) is 5.92 Å². The average molecular weight is 172 g/mol. The standard InChI is InChI=1S/C10H20O2/c1-4-5-6-8(2)7-9(3)10(11)12/h8-9H,4-7H2,1-3H3,(H,11,12)/t8-,9-/m0/s1. The third kappa shape index (κ3) is 5.16. The van der Waals surface area contributed by atoms with Gasteiger partial charge in [-0.2, -0.15) is 0 Å². The van der Waals surface area contributed by atoms with Gasteiger partial charge in [0, 0.05) is 0 Å². The quantitative estimate of drug-likeness (QED) is 0.668. The van der Waals surface area contributed by atoms with Crippen LogP contribution in [0.4, 0.5) is 0 Å². The number of carboxylic acids is 1. The fourth-order valence-electron chi connectivity index (χ4n) is 1.37. The number of rotatable bonds is 6. The number of hydrogen-bond donors (Lipinski definition) is 1. The molecule has 1 N–H and O–H groups in total. The minimum atomic E-state index is -0.668. The molecule has 0 rings (SSSR count). The van der Waals surface area contributed by atoms with Gasteiger partial charge in [-0.3, -0.25) is 4.79 Å². The molecule has 72 valence electrons. The van der Waals surface area contributed by atoms with E-state index in [9.17, 15) is 4.79 Å². The molecule has 0 aromatic heterocycles. The molecule has 0 heterocycles. The van der Waals surface area contributed by atoms with E-state index in [0.717, 1.165) is 12.8 Å². The first-order valence-corrected chi connectivity index (χ1v) is 4.80. The Kier molecular flexibility index (Phi) is 5.77. The van der Waals surface area contributed by atoms with E-state index >= 15 is 0 Å². The molecule has 2 heteroatoms. The molecule has 0 fully saturated rings. The summed E-state index contributed by atoms with van der Waals surface area (Å²) >= 11 is 0. The molecule has 2 nitrogen and oxygen atoms in total. The first-order chi connectivity index (χ1) is 5.57. The molecule has 0 aliphatic heterocycles. The fraction of sp³-hybridized carbons (Fsp3) is 0.900. The average Bonchev–Trinajstić information content (AvgIpc) is 2.00. The monoisotopic (exact) mass is 172 g/mol. The van der Waals surface area contributed by atoms with Gasteiger partial charge in [0.25, 0.3) is 0 Å². The second-order valence-corrected chi connectivity index (χ2v) is 3.72. The summed E-state index contributed by atoms with van der Waals surface area (Å²) in [5.41, 5.74) is 0. The summed E-state index contributed by atoms with van der Waals surface area (Å²) in [7, 11) is 0. The van der Waals surface area contributed by atoms with Crippen molar-refractivity contribution in [2.75, 3.05) is 0 Å². The Morgan fingerprint density at radius 1 is 1.42 bits per heavy atom. The minimum absolute atomic E-state index is 0.183. The highest BCUT2D eigenvalue weighted by molar-refractivity contribution is 5.69. The Bertz CT molecular complexity index is 132. The Balaban J connectivity index is 3.53. The summed E-state index contributed by atoms with van der Waals surface area (Å²) in [4.78, 5) is 10.5. The van der Waals surface area contributed by atoms with Crippen LogP contribution >= 0.6 is 0 Å². The van der Waals surface area contributed by atoms with Gasteiger partial charge in [0.15, 0.2) is 0 Å². The Labute approximate surface area is 75.0 Å². The summed E-state index contributed by atoms with van der Waals surface area (Å²) in [6, 6.07) is 0. The van der Waals surface area contributed by atoms with Crippen LogP contribution in [-0.4, -0.2) is 11.1 Å². The predicted octanol–water partition coefficient (Wildman–Crippen LogP) is 2.92. The van der Waals surface area contributed by atoms with Gasteiger partial charge in [-0.25, -0.2) is 0 Å². The number of aliphatic carboxylic acids is 1. The Morgan fingerprint density at radius 3 is 2.42 bits per heavy atom. The fourth-order valence-corrected chi connectivity index (χ4v) is 1.37. The molecular formula is C10H20O2. The Hall–Kier alpha value is -0.530. The van der Waals surface area contributed by atoms with E-state index in [-0.39, 0.29) is 5.92 Å². The number of hydrogen-bond acceptors (Lipinski definition) is 1. The number of carboxylic acid groups (broad SMARTS) is 1. The normalized spacial score (nSPS) is 15.6. The maximum Gasteiger partial charge on any atom is 0.306 e. The van der Waals surface area contributed by atoms with E-state index in [1.807, 2.05) is 0 Å². The number of carbonyl (C=O) groups is 1. The van der Waals surface area contributed by atoms with E-state index in [2.05, 4.69) is 13.8 Å². The maximum absolute atomic E-state index is 10.5. The molecule has 0 aliphatic rings. The van der Waals surface area contributed by atoms with Crippen molar-refractivity contribution in [1.82, 2.24) is 0 Å². The van der Waals surface area contributed by atoms with Gasteiger partial charge < -0.3 is 5.11 Å². The molecule has 0 amide bonds. The van der Waals surface area contributed by atoms with Crippen molar-refractivity contribution >= 4 is 5.97 Å². The first kappa shape index (κ1) is 11.5. The first-order valence-electron chi connectivity index (χ1n) is 4.80. The van der Waals surface area contributed by atoms with Crippen molar-refractivity contribution in [2.24, 2.45) is 11.8 Å². The van der Waals surface area contributed by atoms with Crippen molar-refractivity contribution in [2.45, 2.75) is 46.5 Å². The molecule has 0 bridgehead atoms. The van der Waals surface area contributed by atoms with Gasteiger partial charge in [-0.05, 0) is 12.3 Å². The van der Waals surface area contributed by atoms with E-state index in [4.69, 9.17) is 5.11 Å². The van der Waals surface area contributed by atoms with Gasteiger partial charge in [0.1, 0.15) is 0 Å². The van der Waals surface area contributed by atoms with Gasteiger partial charge in [-0.1, -0.05) is 40.0 Å². The molecule has 0 aliphatic carbocycles. The lowest BCUT2D eigenvalue weighted by atomic mass is 9.93. The zero-order valence-electron chi connectivity index (χ0n) is 8.34. The van der Waals surface area contributed by atoms with Gasteiger partial charge in [-0.15, -0.1) is 0 Å². The molecule has 2 atom stereocenters. The van der Waals surface area contributed by atoms with Crippen LogP contribution in [0.3, 0.4) is 0 Å². The lowest BCUT2D eigenvalue weighted by molar-refractivity contribution is -0.141. The van der Waals surface area contributed by atoms with E-state index in [1.54, 1.807) is 6.92 Å². The van der Waals surface area contributed by atoms with Crippen LogP contribution in [-0.2, 0) is 4.79 Å². The van der Waals surface area contributed by atoms with Gasteiger partial charge in [0.2, 0.25) is 0 Å². The smallest absolute Gasteiger partial charge is 0.306 e. The van der Waals surface area contributed by atoms with Crippen molar-refractivity contribution < 1.29 is 9.90 Å². The molecule has 0 saturated heterocycles. The summed E-state index contributed by atoms with van der Waals surface area (Å²) in [6.45, 7) is 6.08. The second kappa shape index (κ2) is 6.04. The molecule has 0 radical (unpaired) electrons. The van der Waals surface area contributed by atoms with Crippen molar-refractivity contribution in [3.05, 3.63) is 0 Å². The zero-order valence-corrected chi connectivity index (χ0v) is 8.34. The maximum atomic E-state index is 10.5. The lowest BCUT2D eigenvalue weighted by Crippen LogP contribution is -2.13. The van der Waals surface area contributed by atoms with E-state index < -0.39 is 5.97 Å². The Morgan fingerprint density at radius 2 is 2.00 bits per heavy atom. The molecule has 0 aromatic rings. The van der Waals surface area contributed by atoms with Crippen LogP contribution < -0.4 is 0 Å². The highest BCUT2D eigenvalue weighted by Gasteiger charge is 2.14. The zero-order chi connectivity index (χ0) is 9.56. The SMILES string of the molecule is CCCC[C@H](C)C[C@H](C)C(=O)O. The highest BCUT2D eigenvalue weighted by atomic mass is 16.4. The summed E-state index contributed by atoms with van der Waals surface area (Å²) in [5, 5.41) is 8.66. The van der Waals surface area contributed by atoms with Gasteiger partial charge >= 0.3 is 5.97 Å². The van der Waals surface area contributed by atoms with Crippen LogP contribution in [0.5, 0.6) is 0 Å². The van der Waals surface area contributed by atoms with Crippen LogP contribution in [0, 0.1) is 11.8 Å². The lowest BCUT2D eigenvalue weighted by Gasteiger charge is -2.13. The van der Waals surface area contributed by atoms with Gasteiger partial charge in [0.05, 0.1) is 5.92 Å². The third-order valence-electron chi connectivity index (χ3n) is 2.23. The van der Waals surface area contributed by atoms with Crippen molar-refractivity contribution in [3.8, 4) is 0 Å². The molecule has 0 spiro atoms. The van der Waals surface area contributed by atoms with Crippen LogP contribution in [0.1, 0.15) is 46.5 Å². The van der Waals surface area contributed by atoms with E-state index in [1.165, 1.54) is 12.8 Å². The summed E-state index contributed by atoms with van der Waals surface area (Å²) < 4.78 is 0. The highest BCUT2D eigenvalue weighted by Crippen LogP contribution is 2.17. The summed E-state index contributed by atoms with van der Waals surface area (Å²) in [5.74, 6) is -0.300. The van der Waals surface area contributed by atoms with Crippen molar-refractivity contribution in [1.29, 1.82) is 0 Å². The largest absolute Gasteiger partial charge is 0.481 e. The number of unbranched alkanes of at least 4 members (excludes halogenated alkanes) is 1. The van der Waals surface area contributed by atoms with Crippen LogP contribution in [0.25, 0.3) is 0 Å². The molecule has 0 unspecified atom stereocenters. The minimum Gasteiger partial charge on any atom is -0.481 e. The van der Waals surface area contributed by atoms with Crippen molar-refractivity contribution in [3.63, 3.8) is 0 Å². The molecule has 0 saturated carbocycles.